The average Bonchev–Trinajstić information content (AvgIpc) is 2.33. The van der Waals surface area contributed by atoms with Crippen molar-refractivity contribution in [1.82, 2.24) is 0 Å². The molecule has 0 fully saturated rings. The lowest BCUT2D eigenvalue weighted by atomic mass is 10.1. The first kappa shape index (κ1) is 10.9. The molecule has 0 spiro atoms. The van der Waals surface area contributed by atoms with Crippen LogP contribution in [-0.2, 0) is 0 Å². The van der Waals surface area contributed by atoms with Crippen molar-refractivity contribution < 1.29 is 0 Å². The molecule has 3 N–H and O–H groups in total. The predicted octanol–water partition coefficient (Wildman–Crippen LogP) is 3.27. The van der Waals surface area contributed by atoms with Gasteiger partial charge in [-0.2, -0.15) is 0 Å². The Kier molecular flexibility index (Phi) is 3.06. The van der Waals surface area contributed by atoms with Gasteiger partial charge in [-0.15, -0.1) is 12.6 Å². The summed E-state index contributed by atoms with van der Waals surface area (Å²) in [6.07, 6.45) is 0. The molecule has 0 unspecified atom stereocenters. The molecular formula is C13H14N2S. The van der Waals surface area contributed by atoms with Crippen molar-refractivity contribution in [3.05, 3.63) is 42.5 Å². The van der Waals surface area contributed by atoms with Crippen LogP contribution in [0.1, 0.15) is 0 Å². The molecule has 3 heteroatoms. The Morgan fingerprint density at radius 1 is 1.00 bits per heavy atom. The van der Waals surface area contributed by atoms with Crippen molar-refractivity contribution in [3.8, 4) is 11.1 Å². The third-order valence-electron chi connectivity index (χ3n) is 2.54. The van der Waals surface area contributed by atoms with Crippen LogP contribution in [0.2, 0.25) is 0 Å². The minimum Gasteiger partial charge on any atom is -0.398 e. The largest absolute Gasteiger partial charge is 0.398 e. The number of thiol groups is 1. The molecule has 0 aliphatic rings. The van der Waals surface area contributed by atoms with Crippen LogP contribution in [0.4, 0.5) is 11.4 Å². The number of hydrogen-bond acceptors (Lipinski definition) is 3. The van der Waals surface area contributed by atoms with Gasteiger partial charge in [0.15, 0.2) is 0 Å². The molecule has 16 heavy (non-hydrogen) atoms. The molecule has 2 aromatic carbocycles. The molecule has 2 nitrogen and oxygen atoms in total. The third kappa shape index (κ3) is 2.14. The van der Waals surface area contributed by atoms with Crippen molar-refractivity contribution in [3.63, 3.8) is 0 Å². The normalized spacial score (nSPS) is 10.1. The first-order valence-corrected chi connectivity index (χ1v) is 5.52. The predicted molar refractivity (Wildman–Crippen MR) is 73.1 cm³/mol. The van der Waals surface area contributed by atoms with Crippen molar-refractivity contribution in [2.75, 3.05) is 18.1 Å². The Balaban J connectivity index is 2.38. The monoisotopic (exact) mass is 230 g/mol. The highest BCUT2D eigenvalue weighted by atomic mass is 32.1. The summed E-state index contributed by atoms with van der Waals surface area (Å²) >= 11 is 4.32. The molecule has 2 aromatic rings. The maximum Gasteiger partial charge on any atom is 0.0450 e. The molecule has 0 atom stereocenters. The van der Waals surface area contributed by atoms with E-state index in [2.05, 4.69) is 30.1 Å². The summed E-state index contributed by atoms with van der Waals surface area (Å²) in [5.74, 6) is 0. The van der Waals surface area contributed by atoms with Crippen LogP contribution in [0.5, 0.6) is 0 Å². The molecule has 0 aliphatic carbocycles. The lowest BCUT2D eigenvalue weighted by Gasteiger charge is -2.06. The van der Waals surface area contributed by atoms with Gasteiger partial charge in [0.05, 0.1) is 0 Å². The Hall–Kier alpha value is -1.61. The van der Waals surface area contributed by atoms with Crippen LogP contribution >= 0.6 is 12.6 Å². The van der Waals surface area contributed by atoms with Crippen LogP contribution < -0.4 is 11.1 Å². The maximum atomic E-state index is 5.73. The number of rotatable bonds is 2. The molecule has 0 saturated heterocycles. The zero-order valence-electron chi connectivity index (χ0n) is 9.07. The van der Waals surface area contributed by atoms with E-state index >= 15 is 0 Å². The number of nitrogens with one attached hydrogen (secondary N) is 1. The summed E-state index contributed by atoms with van der Waals surface area (Å²) in [5, 5.41) is 3.09. The lowest BCUT2D eigenvalue weighted by molar-refractivity contribution is 1.46. The standard InChI is InChI=1S/C13H14N2S/c1-15-11-5-2-9(3-6-11)10-4-7-12(14)13(16)8-10/h2-8,15-16H,14H2,1H3. The average molecular weight is 230 g/mol. The first-order chi connectivity index (χ1) is 7.70. The van der Waals surface area contributed by atoms with E-state index in [0.717, 1.165) is 21.7 Å². The third-order valence-corrected chi connectivity index (χ3v) is 2.92. The summed E-state index contributed by atoms with van der Waals surface area (Å²) in [6, 6.07) is 14.1. The van der Waals surface area contributed by atoms with Crippen molar-refractivity contribution >= 4 is 24.0 Å². The van der Waals surface area contributed by atoms with E-state index in [-0.39, 0.29) is 0 Å². The molecule has 0 bridgehead atoms. The number of benzene rings is 2. The molecule has 0 radical (unpaired) electrons. The Morgan fingerprint density at radius 3 is 2.19 bits per heavy atom. The Labute approximate surface area is 101 Å². The minimum atomic E-state index is 0.707. The minimum absolute atomic E-state index is 0.707. The van der Waals surface area contributed by atoms with E-state index in [1.165, 1.54) is 0 Å². The summed E-state index contributed by atoms with van der Waals surface area (Å²) < 4.78 is 0. The van der Waals surface area contributed by atoms with E-state index in [1.54, 1.807) is 0 Å². The van der Waals surface area contributed by atoms with Crippen molar-refractivity contribution in [1.29, 1.82) is 0 Å². The van der Waals surface area contributed by atoms with Crippen molar-refractivity contribution in [2.24, 2.45) is 0 Å². The summed E-state index contributed by atoms with van der Waals surface area (Å²) in [5.41, 5.74) is 9.82. The van der Waals surface area contributed by atoms with Gasteiger partial charge in [-0.1, -0.05) is 18.2 Å². The zero-order valence-corrected chi connectivity index (χ0v) is 9.96. The van der Waals surface area contributed by atoms with Gasteiger partial charge in [-0.05, 0) is 35.4 Å². The van der Waals surface area contributed by atoms with Crippen LogP contribution in [-0.4, -0.2) is 7.05 Å². The fraction of sp³-hybridized carbons (Fsp3) is 0.0769. The second-order valence-corrected chi connectivity index (χ2v) is 4.08. The lowest BCUT2D eigenvalue weighted by Crippen LogP contribution is -1.89. The van der Waals surface area contributed by atoms with Gasteiger partial charge in [-0.25, -0.2) is 0 Å². The fourth-order valence-electron chi connectivity index (χ4n) is 1.55. The Bertz CT molecular complexity index is 492. The molecule has 0 saturated carbocycles. The summed E-state index contributed by atoms with van der Waals surface area (Å²) in [6.45, 7) is 0. The van der Waals surface area contributed by atoms with Gasteiger partial charge in [0.2, 0.25) is 0 Å². The molecule has 0 aromatic heterocycles. The van der Waals surface area contributed by atoms with Crippen molar-refractivity contribution in [2.45, 2.75) is 4.90 Å². The zero-order chi connectivity index (χ0) is 11.5. The van der Waals surface area contributed by atoms with E-state index in [0.29, 0.717) is 5.69 Å². The summed E-state index contributed by atoms with van der Waals surface area (Å²) in [7, 11) is 1.91. The van der Waals surface area contributed by atoms with Gasteiger partial charge >= 0.3 is 0 Å². The van der Waals surface area contributed by atoms with Crippen LogP contribution in [0.3, 0.4) is 0 Å². The number of anilines is 2. The number of nitrogen functional groups attached to an aromatic ring is 1. The van der Waals surface area contributed by atoms with Gasteiger partial charge in [0.1, 0.15) is 0 Å². The molecule has 0 amide bonds. The first-order valence-electron chi connectivity index (χ1n) is 5.07. The highest BCUT2D eigenvalue weighted by molar-refractivity contribution is 7.80. The smallest absolute Gasteiger partial charge is 0.0450 e. The van der Waals surface area contributed by atoms with Gasteiger partial charge in [0.25, 0.3) is 0 Å². The van der Waals surface area contributed by atoms with Gasteiger partial charge in [-0.3, -0.25) is 0 Å². The molecule has 82 valence electrons. The molecule has 0 heterocycles. The summed E-state index contributed by atoms with van der Waals surface area (Å²) in [4.78, 5) is 0.815. The molecule has 2 rings (SSSR count). The van der Waals surface area contributed by atoms with E-state index in [9.17, 15) is 0 Å². The fourth-order valence-corrected chi connectivity index (χ4v) is 1.77. The highest BCUT2D eigenvalue weighted by Crippen LogP contribution is 2.26. The maximum absolute atomic E-state index is 5.73. The van der Waals surface area contributed by atoms with Gasteiger partial charge in [0, 0.05) is 23.3 Å². The van der Waals surface area contributed by atoms with Gasteiger partial charge < -0.3 is 11.1 Å². The molecule has 0 aliphatic heterocycles. The second-order valence-electron chi connectivity index (χ2n) is 3.60. The SMILES string of the molecule is CNc1ccc(-c2ccc(N)c(S)c2)cc1. The second kappa shape index (κ2) is 4.49. The van der Waals surface area contributed by atoms with Crippen LogP contribution in [0.15, 0.2) is 47.4 Å². The molecular weight excluding hydrogens is 216 g/mol. The topological polar surface area (TPSA) is 38.0 Å². The Morgan fingerprint density at radius 2 is 1.62 bits per heavy atom. The number of nitrogens with two attached hydrogens (primary N) is 1. The van der Waals surface area contributed by atoms with E-state index < -0.39 is 0 Å². The van der Waals surface area contributed by atoms with E-state index in [4.69, 9.17) is 5.73 Å². The quantitative estimate of drug-likeness (QED) is 0.547. The van der Waals surface area contributed by atoms with Crippen LogP contribution in [0, 0.1) is 0 Å². The van der Waals surface area contributed by atoms with E-state index in [1.807, 2.05) is 37.4 Å². The highest BCUT2D eigenvalue weighted by Gasteiger charge is 2.00. The van der Waals surface area contributed by atoms with Crippen LogP contribution in [0.25, 0.3) is 11.1 Å². The number of hydrogen-bond donors (Lipinski definition) is 3.